The first kappa shape index (κ1) is 17.2. The standard InChI is InChI=1S/C19H24N4O3/c1-14(17-20-21-18(26-17)15-6-3-2-4-7-15)22-9-11-23(12-10-22)19(24)16-8-5-13-25-16/h2-4,6-7,14,16H,5,8-13H2,1H3. The number of aromatic nitrogens is 2. The van der Waals surface area contributed by atoms with Gasteiger partial charge in [-0.3, -0.25) is 9.69 Å². The maximum absolute atomic E-state index is 12.4. The Morgan fingerprint density at radius 1 is 1.15 bits per heavy atom. The molecule has 2 atom stereocenters. The molecule has 1 aromatic carbocycles. The zero-order valence-electron chi connectivity index (χ0n) is 15.0. The highest BCUT2D eigenvalue weighted by molar-refractivity contribution is 5.81. The SMILES string of the molecule is CC(c1nnc(-c2ccccc2)o1)N1CCN(C(=O)C2CCCO2)CC1. The molecule has 26 heavy (non-hydrogen) atoms. The van der Waals surface area contributed by atoms with E-state index in [-0.39, 0.29) is 18.1 Å². The van der Waals surface area contributed by atoms with Gasteiger partial charge in [-0.05, 0) is 31.9 Å². The van der Waals surface area contributed by atoms with Gasteiger partial charge in [0, 0.05) is 38.3 Å². The van der Waals surface area contributed by atoms with Crippen LogP contribution in [-0.4, -0.2) is 64.8 Å². The van der Waals surface area contributed by atoms with Crippen molar-refractivity contribution in [2.45, 2.75) is 31.9 Å². The molecule has 1 amide bonds. The van der Waals surface area contributed by atoms with E-state index in [1.807, 2.05) is 35.2 Å². The predicted molar refractivity (Wildman–Crippen MR) is 95.3 cm³/mol. The Morgan fingerprint density at radius 2 is 1.92 bits per heavy atom. The number of carbonyl (C=O) groups excluding carboxylic acids is 1. The number of benzene rings is 1. The predicted octanol–water partition coefficient (Wildman–Crippen LogP) is 2.12. The van der Waals surface area contributed by atoms with Crippen LogP contribution in [0, 0.1) is 0 Å². The molecule has 1 aromatic heterocycles. The second kappa shape index (κ2) is 7.55. The fourth-order valence-corrected chi connectivity index (χ4v) is 3.56. The average Bonchev–Trinajstić information content (AvgIpc) is 3.40. The highest BCUT2D eigenvalue weighted by atomic mass is 16.5. The van der Waals surface area contributed by atoms with E-state index in [1.165, 1.54) is 0 Å². The molecule has 0 N–H and O–H groups in total. The summed E-state index contributed by atoms with van der Waals surface area (Å²) in [4.78, 5) is 16.6. The molecule has 0 radical (unpaired) electrons. The fraction of sp³-hybridized carbons (Fsp3) is 0.526. The minimum Gasteiger partial charge on any atom is -0.419 e. The van der Waals surface area contributed by atoms with E-state index < -0.39 is 0 Å². The number of nitrogens with zero attached hydrogens (tertiary/aromatic N) is 4. The smallest absolute Gasteiger partial charge is 0.251 e. The summed E-state index contributed by atoms with van der Waals surface area (Å²) in [7, 11) is 0. The lowest BCUT2D eigenvalue weighted by atomic mass is 10.2. The van der Waals surface area contributed by atoms with Crippen molar-refractivity contribution in [2.75, 3.05) is 32.8 Å². The van der Waals surface area contributed by atoms with Gasteiger partial charge in [0.25, 0.3) is 5.91 Å². The molecule has 4 rings (SSSR count). The highest BCUT2D eigenvalue weighted by Crippen LogP contribution is 2.25. The first-order chi connectivity index (χ1) is 12.7. The van der Waals surface area contributed by atoms with Crippen molar-refractivity contribution < 1.29 is 13.9 Å². The highest BCUT2D eigenvalue weighted by Gasteiger charge is 2.32. The topological polar surface area (TPSA) is 71.7 Å². The van der Waals surface area contributed by atoms with Crippen molar-refractivity contribution >= 4 is 5.91 Å². The van der Waals surface area contributed by atoms with Gasteiger partial charge in [-0.1, -0.05) is 18.2 Å². The van der Waals surface area contributed by atoms with Crippen LogP contribution in [-0.2, 0) is 9.53 Å². The number of piperazine rings is 1. The van der Waals surface area contributed by atoms with Gasteiger partial charge in [-0.15, -0.1) is 10.2 Å². The summed E-state index contributed by atoms with van der Waals surface area (Å²) in [6, 6.07) is 9.80. The number of hydrogen-bond donors (Lipinski definition) is 0. The summed E-state index contributed by atoms with van der Waals surface area (Å²) in [5.41, 5.74) is 0.922. The van der Waals surface area contributed by atoms with Crippen LogP contribution < -0.4 is 0 Å². The second-order valence-electron chi connectivity index (χ2n) is 6.85. The zero-order chi connectivity index (χ0) is 17.9. The lowest BCUT2D eigenvalue weighted by molar-refractivity contribution is -0.143. The lowest BCUT2D eigenvalue weighted by Gasteiger charge is -2.37. The fourth-order valence-electron chi connectivity index (χ4n) is 3.56. The Hall–Kier alpha value is -2.25. The maximum atomic E-state index is 12.4. The van der Waals surface area contributed by atoms with Crippen molar-refractivity contribution in [1.82, 2.24) is 20.0 Å². The van der Waals surface area contributed by atoms with E-state index in [0.717, 1.165) is 31.5 Å². The van der Waals surface area contributed by atoms with Crippen LogP contribution in [0.3, 0.4) is 0 Å². The molecule has 0 aliphatic carbocycles. The first-order valence-electron chi connectivity index (χ1n) is 9.25. The first-order valence-corrected chi connectivity index (χ1v) is 9.25. The van der Waals surface area contributed by atoms with Crippen LogP contribution in [0.4, 0.5) is 0 Å². The van der Waals surface area contributed by atoms with Crippen molar-refractivity contribution in [3.8, 4) is 11.5 Å². The van der Waals surface area contributed by atoms with E-state index in [4.69, 9.17) is 9.15 Å². The zero-order valence-corrected chi connectivity index (χ0v) is 15.0. The van der Waals surface area contributed by atoms with Crippen LogP contribution in [0.1, 0.15) is 31.7 Å². The molecular formula is C19H24N4O3. The van der Waals surface area contributed by atoms with Crippen LogP contribution in [0.15, 0.2) is 34.7 Å². The van der Waals surface area contributed by atoms with Gasteiger partial charge in [0.05, 0.1) is 6.04 Å². The summed E-state index contributed by atoms with van der Waals surface area (Å²) in [6.07, 6.45) is 1.59. The Balaban J connectivity index is 1.36. The molecule has 7 heteroatoms. The Morgan fingerprint density at radius 3 is 2.62 bits per heavy atom. The molecule has 2 fully saturated rings. The van der Waals surface area contributed by atoms with Gasteiger partial charge in [0.15, 0.2) is 0 Å². The van der Waals surface area contributed by atoms with E-state index in [0.29, 0.717) is 31.5 Å². The molecule has 2 aliphatic rings. The third-order valence-electron chi connectivity index (χ3n) is 5.20. The summed E-state index contributed by atoms with van der Waals surface area (Å²) in [5.74, 6) is 1.29. The summed E-state index contributed by atoms with van der Waals surface area (Å²) in [6.45, 7) is 5.78. The summed E-state index contributed by atoms with van der Waals surface area (Å²) >= 11 is 0. The van der Waals surface area contributed by atoms with Crippen LogP contribution in [0.2, 0.25) is 0 Å². The summed E-state index contributed by atoms with van der Waals surface area (Å²) in [5, 5.41) is 8.40. The normalized spacial score (nSPS) is 22.5. The van der Waals surface area contributed by atoms with Gasteiger partial charge in [0.2, 0.25) is 11.8 Å². The number of ether oxygens (including phenoxy) is 1. The van der Waals surface area contributed by atoms with Crippen molar-refractivity contribution in [3.63, 3.8) is 0 Å². The molecule has 2 aromatic rings. The third kappa shape index (κ3) is 3.50. The molecule has 0 spiro atoms. The molecule has 2 unspecified atom stereocenters. The monoisotopic (exact) mass is 356 g/mol. The van der Waals surface area contributed by atoms with Crippen molar-refractivity contribution in [2.24, 2.45) is 0 Å². The number of hydrogen-bond acceptors (Lipinski definition) is 6. The van der Waals surface area contributed by atoms with Crippen molar-refractivity contribution in [3.05, 3.63) is 36.2 Å². The molecule has 2 saturated heterocycles. The van der Waals surface area contributed by atoms with Gasteiger partial charge < -0.3 is 14.1 Å². The molecule has 3 heterocycles. The van der Waals surface area contributed by atoms with Gasteiger partial charge in [-0.2, -0.15) is 0 Å². The Kier molecular flexibility index (Phi) is 4.99. The van der Waals surface area contributed by atoms with E-state index in [2.05, 4.69) is 22.0 Å². The maximum Gasteiger partial charge on any atom is 0.251 e. The van der Waals surface area contributed by atoms with E-state index in [1.54, 1.807) is 0 Å². The summed E-state index contributed by atoms with van der Waals surface area (Å²) < 4.78 is 11.4. The van der Waals surface area contributed by atoms with E-state index in [9.17, 15) is 4.79 Å². The minimum atomic E-state index is -0.233. The third-order valence-corrected chi connectivity index (χ3v) is 5.20. The van der Waals surface area contributed by atoms with Gasteiger partial charge >= 0.3 is 0 Å². The number of rotatable bonds is 4. The quantitative estimate of drug-likeness (QED) is 0.836. The van der Waals surface area contributed by atoms with Gasteiger partial charge in [-0.25, -0.2) is 0 Å². The average molecular weight is 356 g/mol. The van der Waals surface area contributed by atoms with Crippen LogP contribution in [0.25, 0.3) is 11.5 Å². The molecule has 2 aliphatic heterocycles. The van der Waals surface area contributed by atoms with Crippen molar-refractivity contribution in [1.29, 1.82) is 0 Å². The Labute approximate surface area is 152 Å². The number of amides is 1. The molecule has 0 saturated carbocycles. The van der Waals surface area contributed by atoms with Crippen LogP contribution in [0.5, 0.6) is 0 Å². The lowest BCUT2D eigenvalue weighted by Crippen LogP contribution is -2.51. The van der Waals surface area contributed by atoms with E-state index >= 15 is 0 Å². The number of carbonyl (C=O) groups is 1. The molecular weight excluding hydrogens is 332 g/mol. The molecule has 138 valence electrons. The molecule has 7 nitrogen and oxygen atoms in total. The largest absolute Gasteiger partial charge is 0.419 e. The minimum absolute atomic E-state index is 0.0277. The molecule has 0 bridgehead atoms. The second-order valence-corrected chi connectivity index (χ2v) is 6.85. The van der Waals surface area contributed by atoms with Gasteiger partial charge in [0.1, 0.15) is 6.10 Å². The Bertz CT molecular complexity index is 734. The van der Waals surface area contributed by atoms with Crippen LogP contribution >= 0.6 is 0 Å².